The van der Waals surface area contributed by atoms with Gasteiger partial charge in [0.15, 0.2) is 0 Å². The van der Waals surface area contributed by atoms with Crippen LogP contribution in [-0.2, 0) is 20.0 Å². The van der Waals surface area contributed by atoms with Gasteiger partial charge in [-0.2, -0.15) is 12.1 Å². The normalized spacial score (nSPS) is 10.0. The Bertz CT molecular complexity index is 1340. The van der Waals surface area contributed by atoms with Crippen LogP contribution in [0.2, 0.25) is 0 Å². The maximum Gasteiger partial charge on any atom is -1.00 e. The molecular weight excluding hydrogens is 467 g/mol. The zero-order valence-electron chi connectivity index (χ0n) is 18.2. The maximum absolute atomic E-state index is 3.25. The van der Waals surface area contributed by atoms with Gasteiger partial charge >= 0.3 is 24.8 Å². The second-order valence-electron chi connectivity index (χ2n) is 7.64. The van der Waals surface area contributed by atoms with E-state index in [9.17, 15) is 0 Å². The average molecular weight is 491 g/mol. The molecule has 0 spiro atoms. The number of fused-ring (bicyclic) bond motifs is 6. The van der Waals surface area contributed by atoms with E-state index in [4.69, 9.17) is 0 Å². The van der Waals surface area contributed by atoms with E-state index in [0.717, 1.165) is 0 Å². The summed E-state index contributed by atoms with van der Waals surface area (Å²) in [7, 11) is 0. The van der Waals surface area contributed by atoms with Crippen molar-refractivity contribution in [2.24, 2.45) is 0 Å². The monoisotopic (exact) mass is 490 g/mol. The Morgan fingerprint density at radius 1 is 0.531 bits per heavy atom. The fourth-order valence-electron chi connectivity index (χ4n) is 4.23. The van der Waals surface area contributed by atoms with E-state index < -0.39 is 0 Å². The van der Waals surface area contributed by atoms with Crippen molar-refractivity contribution < 1.29 is 44.8 Å². The maximum atomic E-state index is 3.25. The van der Waals surface area contributed by atoms with Crippen molar-refractivity contribution in [2.45, 2.75) is 13.8 Å². The van der Waals surface area contributed by atoms with E-state index in [0.29, 0.717) is 0 Å². The van der Waals surface area contributed by atoms with Crippen LogP contribution in [0.4, 0.5) is 0 Å². The molecule has 0 atom stereocenters. The first-order valence-corrected chi connectivity index (χ1v) is 11.2. The molecule has 6 aromatic carbocycles. The van der Waals surface area contributed by atoms with Crippen LogP contribution in [0.15, 0.2) is 97.1 Å². The minimum Gasteiger partial charge on any atom is -1.00 e. The van der Waals surface area contributed by atoms with Crippen LogP contribution in [-0.4, -0.2) is 4.82 Å². The minimum absolute atomic E-state index is 0. The second kappa shape index (κ2) is 11.6. The molecule has 0 radical (unpaired) electrons. The fraction of sp³-hybridized carbons (Fsp3) is 0.0690. The van der Waals surface area contributed by atoms with Crippen LogP contribution in [0.3, 0.4) is 0 Å². The molecule has 32 heavy (non-hydrogen) atoms. The number of hydrogen-bond acceptors (Lipinski definition) is 0. The number of aryl methyl sites for hydroxylation is 2. The van der Waals surface area contributed by atoms with E-state index in [1.807, 2.05) is 0 Å². The molecule has 0 amide bonds. The van der Waals surface area contributed by atoms with Gasteiger partial charge < -0.3 is 24.8 Å². The number of rotatable bonds is 0. The minimum atomic E-state index is 0. The third-order valence-electron chi connectivity index (χ3n) is 5.52. The van der Waals surface area contributed by atoms with Crippen molar-refractivity contribution in [1.82, 2.24) is 0 Å². The van der Waals surface area contributed by atoms with Crippen molar-refractivity contribution in [2.75, 3.05) is 0 Å². The molecule has 0 bridgehead atoms. The quantitative estimate of drug-likeness (QED) is 0.226. The van der Waals surface area contributed by atoms with Crippen LogP contribution in [0.25, 0.3) is 43.1 Å². The summed E-state index contributed by atoms with van der Waals surface area (Å²) in [5, 5.41) is 10.8. The van der Waals surface area contributed by atoms with Crippen LogP contribution < -0.4 is 24.8 Å². The van der Waals surface area contributed by atoms with E-state index >= 15 is 0 Å². The third kappa shape index (κ3) is 5.22. The summed E-state index contributed by atoms with van der Waals surface area (Å²) in [5.41, 5.74) is 2.69. The van der Waals surface area contributed by atoms with Gasteiger partial charge in [0.05, 0.1) is 0 Å². The van der Waals surface area contributed by atoms with Gasteiger partial charge in [0, 0.05) is 0 Å². The van der Waals surface area contributed by atoms with Gasteiger partial charge in [-0.05, 0) is 0 Å². The molecule has 160 valence electrons. The summed E-state index contributed by atoms with van der Waals surface area (Å²) in [6, 6.07) is 34.9. The van der Waals surface area contributed by atoms with Crippen LogP contribution in [0, 0.1) is 13.8 Å². The first-order chi connectivity index (χ1) is 14.7. The average Bonchev–Trinajstić information content (AvgIpc) is 3.37. The molecule has 0 heterocycles. The molecular formula is C29H24Cl2Ti-2. The molecule has 0 aliphatic carbocycles. The molecule has 0 fully saturated rings. The summed E-state index contributed by atoms with van der Waals surface area (Å²) in [4.78, 5) is 3.25. The molecule has 0 aliphatic heterocycles. The van der Waals surface area contributed by atoms with E-state index in [1.165, 1.54) is 54.2 Å². The van der Waals surface area contributed by atoms with Gasteiger partial charge in [-0.25, -0.2) is 0 Å². The second-order valence-corrected chi connectivity index (χ2v) is 7.64. The molecule has 0 aliphatic rings. The Morgan fingerprint density at radius 2 is 0.875 bits per heavy atom. The van der Waals surface area contributed by atoms with Crippen LogP contribution in [0.1, 0.15) is 11.1 Å². The molecule has 6 rings (SSSR count). The smallest absolute Gasteiger partial charge is 1.00 e. The van der Waals surface area contributed by atoms with Crippen LogP contribution in [0.5, 0.6) is 0 Å². The summed E-state index contributed by atoms with van der Waals surface area (Å²) in [6.45, 7) is 4.30. The Morgan fingerprint density at radius 3 is 1.28 bits per heavy atom. The van der Waals surface area contributed by atoms with Crippen molar-refractivity contribution in [3.8, 4) is 0 Å². The number of benzene rings is 4. The Labute approximate surface area is 213 Å². The molecule has 0 aromatic heterocycles. The molecule has 0 N–H and O–H groups in total. The van der Waals surface area contributed by atoms with Gasteiger partial charge in [0.2, 0.25) is 0 Å². The standard InChI is InChI=1S/2C14H11.CH2.2ClH.Ti/c2*1-10-8-12-7-6-11-4-2-3-5-13(11)14(12)9-10;;;;/h2*2-9H,1H3;1H2;2*1H;/q2*-1;;;;+2/p-2. The summed E-state index contributed by atoms with van der Waals surface area (Å²) < 4.78 is 0. The largest absolute Gasteiger partial charge is 1.00 e. The SMILES string of the molecule is Cc1cc2ccc3ccccc3c2[cH-]1.Cc1cc2ccc3ccccc3c2[cH-]1.[CH2]=[Ti+2].[Cl-].[Cl-]. The molecule has 6 aromatic rings. The Hall–Kier alpha value is -2.22. The molecule has 3 heteroatoms. The van der Waals surface area contributed by atoms with Gasteiger partial charge in [-0.1, -0.05) is 96.1 Å². The molecule has 0 saturated carbocycles. The zero-order valence-corrected chi connectivity index (χ0v) is 21.3. The first kappa shape index (κ1) is 26.0. The fourth-order valence-corrected chi connectivity index (χ4v) is 4.23. The van der Waals surface area contributed by atoms with Gasteiger partial charge in [-0.15, -0.1) is 56.9 Å². The molecule has 0 unspecified atom stereocenters. The summed E-state index contributed by atoms with van der Waals surface area (Å²) in [6.07, 6.45) is 0. The number of hydrogen-bond donors (Lipinski definition) is 0. The van der Waals surface area contributed by atoms with Gasteiger partial charge in [-0.3, -0.25) is 0 Å². The van der Waals surface area contributed by atoms with Crippen molar-refractivity contribution >= 4 is 47.9 Å². The topological polar surface area (TPSA) is 0 Å². The van der Waals surface area contributed by atoms with Crippen molar-refractivity contribution in [3.05, 3.63) is 108 Å². The van der Waals surface area contributed by atoms with Crippen molar-refractivity contribution in [3.63, 3.8) is 0 Å². The van der Waals surface area contributed by atoms with Crippen LogP contribution >= 0.6 is 0 Å². The third-order valence-corrected chi connectivity index (χ3v) is 5.52. The van der Waals surface area contributed by atoms with E-state index in [-0.39, 0.29) is 24.8 Å². The van der Waals surface area contributed by atoms with E-state index in [2.05, 4.69) is 116 Å². The van der Waals surface area contributed by atoms with Gasteiger partial charge in [0.25, 0.3) is 0 Å². The predicted molar refractivity (Wildman–Crippen MR) is 131 cm³/mol. The molecule has 0 saturated heterocycles. The number of halogens is 2. The van der Waals surface area contributed by atoms with E-state index in [1.54, 1.807) is 20.0 Å². The van der Waals surface area contributed by atoms with Crippen molar-refractivity contribution in [1.29, 1.82) is 0 Å². The first-order valence-electron chi connectivity index (χ1n) is 10.1. The predicted octanol–water partition coefficient (Wildman–Crippen LogP) is 2.01. The van der Waals surface area contributed by atoms with Gasteiger partial charge in [0.1, 0.15) is 0 Å². The summed E-state index contributed by atoms with van der Waals surface area (Å²) in [5.74, 6) is 0. The Kier molecular flexibility index (Phi) is 9.43. The Balaban J connectivity index is 0.000000199. The summed E-state index contributed by atoms with van der Waals surface area (Å²) >= 11 is 1.75. The zero-order chi connectivity index (χ0) is 21.1. The molecule has 0 nitrogen and oxygen atoms in total.